The first-order valence-corrected chi connectivity index (χ1v) is 30.2. The molecule has 21 heterocycles. The number of hydrogen-bond donors (Lipinski definition) is 21. The molecule has 21 aliphatic rings. The lowest BCUT2D eigenvalue weighted by Crippen LogP contribution is -2.68. The van der Waals surface area contributed by atoms with Gasteiger partial charge in [0.15, 0.2) is 50.3 Å². The number of ether oxygens (including phenoxy) is 15. The lowest BCUT2D eigenvalue weighted by molar-refractivity contribution is -0.396. The summed E-state index contributed by atoms with van der Waals surface area (Å²) in [6.07, 6.45) is -72.6. The van der Waals surface area contributed by atoms with E-state index in [1.165, 1.54) is 42.5 Å². The van der Waals surface area contributed by atoms with Crippen molar-refractivity contribution in [1.29, 1.82) is 0 Å². The molecule has 0 spiro atoms. The largest absolute Gasteiger partial charge is 0.507 e. The minimum absolute atomic E-state index is 0.0601. The molecule has 23 rings (SSSR count). The van der Waals surface area contributed by atoms with E-state index in [0.717, 1.165) is 0 Å². The highest BCUT2D eigenvalue weighted by atomic mass is 16.8. The van der Waals surface area contributed by atoms with Crippen LogP contribution in [0.3, 0.4) is 0 Å². The van der Waals surface area contributed by atoms with Crippen molar-refractivity contribution in [2.24, 2.45) is 10.2 Å². The van der Waals surface area contributed by atoms with E-state index in [9.17, 15) is 117 Å². The molecule has 0 amide bonds. The fourth-order valence-electron chi connectivity index (χ4n) is 12.1. The van der Waals surface area contributed by atoms with Gasteiger partial charge in [-0.25, -0.2) is 4.79 Å². The average Bonchev–Trinajstić information content (AvgIpc) is 0.779. The van der Waals surface area contributed by atoms with Crippen molar-refractivity contribution in [3.8, 4) is 5.75 Å². The summed E-state index contributed by atoms with van der Waals surface area (Å²) in [5, 5.41) is 242. The lowest BCUT2D eigenvalue weighted by Gasteiger charge is -2.50. The van der Waals surface area contributed by atoms with Gasteiger partial charge in [0.1, 0.15) is 183 Å². The number of rotatable bonds is 12. The van der Waals surface area contributed by atoms with Gasteiger partial charge in [-0.3, -0.25) is 4.79 Å². The number of phenols is 1. The summed E-state index contributed by atoms with van der Waals surface area (Å²) in [6.45, 7) is -7.55. The Labute approximate surface area is 541 Å². The zero-order valence-corrected chi connectivity index (χ0v) is 50.0. The molecule has 40 heteroatoms. The molecular formula is C56H78N2O38. The fourth-order valence-corrected chi connectivity index (χ4v) is 12.1. The van der Waals surface area contributed by atoms with E-state index in [-0.39, 0.29) is 28.3 Å². The average molecular weight is 1390 g/mol. The Hall–Kier alpha value is -4.38. The molecule has 35 atom stereocenters. The standard InChI is InChI=1S/C56H78N2O38/c59-8-17-7-19(5-6-20(17)66)58-57-18-3-1-16(2-4-18)49(81)82-15-27-48-34(73)41(80)56(89-27)95-47-26(14-65)87-54(39(78)32(47)71)93-45-24(12-63)85-52(37(76)30(45)69)91-43-22(10-61)83-50(35(74)28(43)67)90-42-21(9-60)84-51(36(75)29(42)68)92-44-23(11-62)86-53(38(77)31(44)70)94-46-25(13-64)88-55(96-48)40(79)33(46)72/h1-8,21-48,50-56,60-80H,9-15H2/t21-,22-,23-,24-,25-,26-,27-,28-,29-,30-,31-,32-,33-,34-,35-,36-,37-,38-,39-,40-,41-,42-,43-,44-,45-,46-,47-,48-,50-,51-,52-,53-,54-,55-,56-/m1/s1. The molecule has 21 saturated heterocycles. The molecule has 21 N–H and O–H groups in total. The van der Waals surface area contributed by atoms with Crippen LogP contribution in [0.15, 0.2) is 52.7 Å². The molecule has 96 heavy (non-hydrogen) atoms. The summed E-state index contributed by atoms with van der Waals surface area (Å²) in [6, 6.07) is 9.02. The van der Waals surface area contributed by atoms with Crippen LogP contribution in [0.1, 0.15) is 20.7 Å². The number of azo groups is 1. The second-order valence-electron chi connectivity index (χ2n) is 23.7. The number of nitrogens with zero attached hydrogens (tertiary/aromatic N) is 2. The number of aldehydes is 1. The molecule has 21 fully saturated rings. The highest BCUT2D eigenvalue weighted by molar-refractivity contribution is 5.89. The van der Waals surface area contributed by atoms with Gasteiger partial charge < -0.3 is 178 Å². The highest BCUT2D eigenvalue weighted by Gasteiger charge is 2.60. The minimum Gasteiger partial charge on any atom is -0.507 e. The third-order valence-corrected chi connectivity index (χ3v) is 17.5. The first kappa shape index (κ1) is 74.3. The van der Waals surface area contributed by atoms with Crippen LogP contribution in [0.5, 0.6) is 5.75 Å². The maximum absolute atomic E-state index is 13.7. The zero-order chi connectivity index (χ0) is 69.3. The van der Waals surface area contributed by atoms with E-state index in [4.69, 9.17) is 71.1 Å². The molecule has 40 nitrogen and oxygen atoms in total. The quantitative estimate of drug-likeness (QED) is 0.0533. The Bertz CT molecular complexity index is 2860. The monoisotopic (exact) mass is 1390 g/mol. The molecule has 14 bridgehead atoms. The number of carbonyl (C=O) groups is 2. The number of phenolic OH excluding ortho intramolecular Hbond substituents is 1. The Kier molecular flexibility index (Phi) is 24.8. The molecular weight excluding hydrogens is 1310 g/mol. The number of hydrogen-bond acceptors (Lipinski definition) is 40. The third-order valence-electron chi connectivity index (χ3n) is 17.5. The van der Waals surface area contributed by atoms with Crippen molar-refractivity contribution in [3.05, 3.63) is 53.6 Å². The summed E-state index contributed by atoms with van der Waals surface area (Å²) in [5.74, 6) is -1.39. The van der Waals surface area contributed by atoms with Crippen LogP contribution in [0, 0.1) is 0 Å². The fraction of sp³-hybridized carbons (Fsp3) is 0.750. The predicted octanol–water partition coefficient (Wildman–Crippen LogP) is -11.4. The molecule has 0 aromatic heterocycles. The first-order chi connectivity index (χ1) is 45.9. The topological polar surface area (TPSA) is 622 Å². The summed E-state index contributed by atoms with van der Waals surface area (Å²) in [5.41, 5.74) is 0.161. The van der Waals surface area contributed by atoms with Crippen LogP contribution in [0.2, 0.25) is 0 Å². The molecule has 2 aromatic rings. The van der Waals surface area contributed by atoms with E-state index < -0.39 is 267 Å². The Morgan fingerprint density at radius 1 is 0.344 bits per heavy atom. The Morgan fingerprint density at radius 2 is 0.583 bits per heavy atom. The molecule has 0 saturated carbocycles. The summed E-state index contributed by atoms with van der Waals surface area (Å²) in [7, 11) is 0. The summed E-state index contributed by atoms with van der Waals surface area (Å²) >= 11 is 0. The Morgan fingerprint density at radius 3 is 0.844 bits per heavy atom. The first-order valence-electron chi connectivity index (χ1n) is 30.2. The summed E-state index contributed by atoms with van der Waals surface area (Å²) in [4.78, 5) is 25.0. The van der Waals surface area contributed by atoms with Gasteiger partial charge in [0, 0.05) is 0 Å². The maximum Gasteiger partial charge on any atom is 0.338 e. The van der Waals surface area contributed by atoms with Gasteiger partial charge >= 0.3 is 5.97 Å². The lowest BCUT2D eigenvalue weighted by atomic mass is 9.95. The van der Waals surface area contributed by atoms with Crippen molar-refractivity contribution in [3.63, 3.8) is 0 Å². The van der Waals surface area contributed by atoms with E-state index >= 15 is 0 Å². The number of benzene rings is 2. The number of aliphatic hydroxyl groups is 20. The molecule has 0 unspecified atom stereocenters. The predicted molar refractivity (Wildman–Crippen MR) is 296 cm³/mol. The van der Waals surface area contributed by atoms with Crippen LogP contribution in [0.25, 0.3) is 0 Å². The summed E-state index contributed by atoms with van der Waals surface area (Å²) < 4.78 is 86.6. The van der Waals surface area contributed by atoms with Gasteiger partial charge in [-0.1, -0.05) is 0 Å². The van der Waals surface area contributed by atoms with Crippen molar-refractivity contribution in [2.45, 2.75) is 215 Å². The molecule has 2 aromatic carbocycles. The molecule has 540 valence electrons. The molecule has 21 aliphatic heterocycles. The number of aromatic hydroxyl groups is 1. The van der Waals surface area contributed by atoms with Gasteiger partial charge in [-0.2, -0.15) is 10.2 Å². The van der Waals surface area contributed by atoms with E-state index in [2.05, 4.69) is 10.2 Å². The number of esters is 1. The van der Waals surface area contributed by atoms with Crippen LogP contribution in [0.4, 0.5) is 11.4 Å². The van der Waals surface area contributed by atoms with E-state index in [0.29, 0.717) is 6.29 Å². The van der Waals surface area contributed by atoms with Gasteiger partial charge in [0.25, 0.3) is 0 Å². The van der Waals surface area contributed by atoms with Gasteiger partial charge in [-0.15, -0.1) is 0 Å². The number of aliphatic hydroxyl groups excluding tert-OH is 20. The maximum atomic E-state index is 13.7. The van der Waals surface area contributed by atoms with Crippen LogP contribution < -0.4 is 0 Å². The Balaban J connectivity index is 0.933. The zero-order valence-electron chi connectivity index (χ0n) is 50.0. The normalized spacial score (nSPS) is 46.6. The van der Waals surface area contributed by atoms with Crippen molar-refractivity contribution in [1.82, 2.24) is 0 Å². The highest BCUT2D eigenvalue weighted by Crippen LogP contribution is 2.39. The molecule has 0 radical (unpaired) electrons. The third kappa shape index (κ3) is 15.3. The van der Waals surface area contributed by atoms with Crippen molar-refractivity contribution >= 4 is 23.6 Å². The van der Waals surface area contributed by atoms with Crippen molar-refractivity contribution in [2.75, 3.05) is 46.2 Å². The minimum atomic E-state index is -2.34. The van der Waals surface area contributed by atoms with Gasteiger partial charge in [0.2, 0.25) is 0 Å². The van der Waals surface area contributed by atoms with Crippen molar-refractivity contribution < 1.29 is 188 Å². The SMILES string of the molecule is O=Cc1cc(N=Nc2ccc(C(=O)OC[C@H]3O[C@@H]4O[C@H]5[C@H](O)[C@@H](O)[C@@H](O[C@H]6[C@H](O)[C@@H](O)[C@@H](O[C@H]7[C@H](O)[C@@H](O)[C@@H](O[C@H]8[C@H](O)[C@@H](O)[C@@H](O[C@H]9[C@H](O)[C@@H](O)[C@@H](O[C@H]%10[C@H](O)[C@@H](O)[C@@H](O[C@H]3[C@H](O)[C@H]4O)O[C@@H]%10CO)O[C@@H]9CO)O[C@@H]8CO)O[C@@H]7CO)O[C@@H]6CO)O[C@@H]5CO)cc2)ccc1O. The van der Waals surface area contributed by atoms with Gasteiger partial charge in [0.05, 0.1) is 62.1 Å². The second kappa shape index (κ2) is 32.1. The second-order valence-corrected chi connectivity index (χ2v) is 23.7. The van der Waals surface area contributed by atoms with Crippen LogP contribution in [-0.4, -0.2) is 381 Å². The van der Waals surface area contributed by atoms with E-state index in [1.54, 1.807) is 0 Å². The van der Waals surface area contributed by atoms with Crippen LogP contribution >= 0.6 is 0 Å². The smallest absolute Gasteiger partial charge is 0.338 e. The van der Waals surface area contributed by atoms with Crippen LogP contribution in [-0.2, 0) is 71.1 Å². The van der Waals surface area contributed by atoms with E-state index in [1.807, 2.05) is 0 Å². The number of carbonyl (C=O) groups excluding carboxylic acids is 2. The molecule has 0 aliphatic carbocycles. The van der Waals surface area contributed by atoms with Gasteiger partial charge in [-0.05, 0) is 42.5 Å².